The van der Waals surface area contributed by atoms with Gasteiger partial charge in [0.15, 0.2) is 11.6 Å². The van der Waals surface area contributed by atoms with Crippen molar-refractivity contribution >= 4 is 0 Å². The Balaban J connectivity index is 1.64. The van der Waals surface area contributed by atoms with E-state index in [2.05, 4.69) is 12.2 Å². The summed E-state index contributed by atoms with van der Waals surface area (Å²) in [5.74, 6) is 1.33. The second-order valence-corrected chi connectivity index (χ2v) is 5.87. The Bertz CT molecular complexity index is 438. The van der Waals surface area contributed by atoms with Crippen molar-refractivity contribution in [1.29, 1.82) is 0 Å². The van der Waals surface area contributed by atoms with Crippen LogP contribution < -0.4 is 10.1 Å². The number of halogens is 1. The van der Waals surface area contributed by atoms with E-state index in [1.165, 1.54) is 12.8 Å². The Hall–Kier alpha value is -1.09. The first-order valence-electron chi connectivity index (χ1n) is 7.41. The minimum absolute atomic E-state index is 0.0865. The highest BCUT2D eigenvalue weighted by molar-refractivity contribution is 5.33. The molecule has 0 radical (unpaired) electrons. The van der Waals surface area contributed by atoms with Crippen LogP contribution in [0.5, 0.6) is 5.75 Å². The van der Waals surface area contributed by atoms with Crippen LogP contribution in [-0.2, 0) is 0 Å². The molecule has 1 aromatic carbocycles. The molecule has 1 unspecified atom stereocenters. The highest BCUT2D eigenvalue weighted by Crippen LogP contribution is 2.41. The van der Waals surface area contributed by atoms with E-state index in [1.807, 2.05) is 6.07 Å². The maximum atomic E-state index is 14.0. The summed E-state index contributed by atoms with van der Waals surface area (Å²) in [4.78, 5) is 0. The minimum Gasteiger partial charge on any atom is -0.487 e. The van der Waals surface area contributed by atoms with Gasteiger partial charge in [-0.25, -0.2) is 4.39 Å². The molecule has 1 saturated carbocycles. The van der Waals surface area contributed by atoms with Crippen LogP contribution in [0.4, 0.5) is 4.39 Å². The van der Waals surface area contributed by atoms with E-state index in [0.29, 0.717) is 17.6 Å². The van der Waals surface area contributed by atoms with Crippen LogP contribution >= 0.6 is 0 Å². The van der Waals surface area contributed by atoms with Crippen molar-refractivity contribution in [3.8, 4) is 5.75 Å². The molecule has 0 aromatic heterocycles. The molecule has 19 heavy (non-hydrogen) atoms. The average molecular weight is 263 g/mol. The first-order chi connectivity index (χ1) is 9.24. The molecule has 2 fully saturated rings. The van der Waals surface area contributed by atoms with Crippen LogP contribution in [0, 0.1) is 11.7 Å². The number of benzene rings is 1. The summed E-state index contributed by atoms with van der Waals surface area (Å²) < 4.78 is 19.9. The molecule has 1 aliphatic heterocycles. The SMILES string of the molecule is CC(Oc1ccc(C2CC2)cc1F)C1CCNCC1. The van der Waals surface area contributed by atoms with Gasteiger partial charge in [-0.15, -0.1) is 0 Å². The summed E-state index contributed by atoms with van der Waals surface area (Å²) in [7, 11) is 0. The van der Waals surface area contributed by atoms with Gasteiger partial charge in [-0.3, -0.25) is 0 Å². The van der Waals surface area contributed by atoms with Crippen LogP contribution in [0.3, 0.4) is 0 Å². The molecule has 1 heterocycles. The summed E-state index contributed by atoms with van der Waals surface area (Å²) in [6, 6.07) is 5.48. The molecule has 0 spiro atoms. The van der Waals surface area contributed by atoms with Crippen molar-refractivity contribution in [1.82, 2.24) is 5.32 Å². The van der Waals surface area contributed by atoms with Gasteiger partial charge in [-0.2, -0.15) is 0 Å². The predicted octanol–water partition coefficient (Wildman–Crippen LogP) is 3.47. The van der Waals surface area contributed by atoms with Crippen LogP contribution in [0.25, 0.3) is 0 Å². The summed E-state index contributed by atoms with van der Waals surface area (Å²) in [6.45, 7) is 4.15. The fraction of sp³-hybridized carbons (Fsp3) is 0.625. The Morgan fingerprint density at radius 1 is 1.21 bits per heavy atom. The van der Waals surface area contributed by atoms with Gasteiger partial charge in [0.25, 0.3) is 0 Å². The molecular formula is C16H22FNO. The topological polar surface area (TPSA) is 21.3 Å². The quantitative estimate of drug-likeness (QED) is 0.898. The molecule has 1 saturated heterocycles. The largest absolute Gasteiger partial charge is 0.487 e. The molecule has 1 aliphatic carbocycles. The summed E-state index contributed by atoms with van der Waals surface area (Å²) in [5, 5.41) is 3.34. The van der Waals surface area contributed by atoms with E-state index in [4.69, 9.17) is 4.74 Å². The summed E-state index contributed by atoms with van der Waals surface area (Å²) in [5.41, 5.74) is 1.12. The smallest absolute Gasteiger partial charge is 0.165 e. The summed E-state index contributed by atoms with van der Waals surface area (Å²) in [6.07, 6.45) is 4.71. The van der Waals surface area contributed by atoms with Crippen LogP contribution in [0.1, 0.15) is 44.1 Å². The van der Waals surface area contributed by atoms with Crippen LogP contribution in [0.15, 0.2) is 18.2 Å². The van der Waals surface area contributed by atoms with E-state index >= 15 is 0 Å². The zero-order chi connectivity index (χ0) is 13.2. The summed E-state index contributed by atoms with van der Waals surface area (Å²) >= 11 is 0. The molecule has 1 atom stereocenters. The Morgan fingerprint density at radius 2 is 1.95 bits per heavy atom. The molecule has 1 N–H and O–H groups in total. The molecule has 2 nitrogen and oxygen atoms in total. The molecule has 0 amide bonds. The van der Waals surface area contributed by atoms with Gasteiger partial charge in [0.05, 0.1) is 6.10 Å². The maximum absolute atomic E-state index is 14.0. The Morgan fingerprint density at radius 3 is 2.58 bits per heavy atom. The number of ether oxygens (including phenoxy) is 1. The van der Waals surface area contributed by atoms with Gasteiger partial charge in [0, 0.05) is 0 Å². The van der Waals surface area contributed by atoms with Gasteiger partial charge >= 0.3 is 0 Å². The molecule has 3 heteroatoms. The lowest BCUT2D eigenvalue weighted by Crippen LogP contribution is -2.35. The third-order valence-corrected chi connectivity index (χ3v) is 4.37. The van der Waals surface area contributed by atoms with Gasteiger partial charge < -0.3 is 10.1 Å². The zero-order valence-corrected chi connectivity index (χ0v) is 11.5. The van der Waals surface area contributed by atoms with Gasteiger partial charge in [0.2, 0.25) is 0 Å². The second kappa shape index (κ2) is 5.49. The minimum atomic E-state index is -0.204. The molecule has 104 valence electrons. The standard InChI is InChI=1S/C16H22FNO/c1-11(12-6-8-18-9-7-12)19-16-5-4-14(10-15(16)17)13-2-3-13/h4-5,10-13,18H,2-3,6-9H2,1H3. The number of piperidine rings is 1. The monoisotopic (exact) mass is 263 g/mol. The van der Waals surface area contributed by atoms with E-state index in [9.17, 15) is 4.39 Å². The van der Waals surface area contributed by atoms with Crippen molar-refractivity contribution in [2.75, 3.05) is 13.1 Å². The first kappa shape index (κ1) is 12.9. The van der Waals surface area contributed by atoms with Crippen LogP contribution in [-0.4, -0.2) is 19.2 Å². The Kier molecular flexibility index (Phi) is 3.74. The molecule has 3 rings (SSSR count). The number of rotatable bonds is 4. The van der Waals surface area contributed by atoms with Gasteiger partial charge in [0.1, 0.15) is 0 Å². The molecule has 0 bridgehead atoms. The fourth-order valence-electron chi connectivity index (χ4n) is 2.89. The van der Waals surface area contributed by atoms with Crippen LogP contribution in [0.2, 0.25) is 0 Å². The lowest BCUT2D eigenvalue weighted by molar-refractivity contribution is 0.123. The second-order valence-electron chi connectivity index (χ2n) is 5.87. The van der Waals surface area contributed by atoms with Gasteiger partial charge in [-0.05, 0) is 75.2 Å². The predicted molar refractivity (Wildman–Crippen MR) is 74.1 cm³/mol. The van der Waals surface area contributed by atoms with E-state index in [0.717, 1.165) is 31.5 Å². The zero-order valence-electron chi connectivity index (χ0n) is 11.5. The van der Waals surface area contributed by atoms with Crippen molar-refractivity contribution in [2.45, 2.75) is 44.6 Å². The lowest BCUT2D eigenvalue weighted by atomic mass is 9.93. The average Bonchev–Trinajstić information content (AvgIpc) is 3.26. The van der Waals surface area contributed by atoms with E-state index in [1.54, 1.807) is 12.1 Å². The lowest BCUT2D eigenvalue weighted by Gasteiger charge is -2.28. The number of hydrogen-bond acceptors (Lipinski definition) is 2. The van der Waals surface area contributed by atoms with Crippen molar-refractivity contribution < 1.29 is 9.13 Å². The maximum Gasteiger partial charge on any atom is 0.165 e. The van der Waals surface area contributed by atoms with Crippen molar-refractivity contribution in [3.63, 3.8) is 0 Å². The third-order valence-electron chi connectivity index (χ3n) is 4.37. The Labute approximate surface area is 114 Å². The number of hydrogen-bond donors (Lipinski definition) is 1. The third kappa shape index (κ3) is 3.08. The van der Waals surface area contributed by atoms with E-state index in [-0.39, 0.29) is 11.9 Å². The van der Waals surface area contributed by atoms with Crippen molar-refractivity contribution in [2.24, 2.45) is 5.92 Å². The fourth-order valence-corrected chi connectivity index (χ4v) is 2.89. The normalized spacial score (nSPS) is 22.2. The molecular weight excluding hydrogens is 241 g/mol. The van der Waals surface area contributed by atoms with Crippen molar-refractivity contribution in [3.05, 3.63) is 29.6 Å². The highest BCUT2D eigenvalue weighted by atomic mass is 19.1. The number of nitrogens with one attached hydrogen (secondary N) is 1. The molecule has 1 aromatic rings. The highest BCUT2D eigenvalue weighted by Gasteiger charge is 2.25. The van der Waals surface area contributed by atoms with Gasteiger partial charge in [-0.1, -0.05) is 6.07 Å². The first-order valence-corrected chi connectivity index (χ1v) is 7.41. The molecule has 2 aliphatic rings. The van der Waals surface area contributed by atoms with E-state index < -0.39 is 0 Å².